The summed E-state index contributed by atoms with van der Waals surface area (Å²) in [5, 5.41) is 9.44. The Morgan fingerprint density at radius 1 is 1.19 bits per heavy atom. The van der Waals surface area contributed by atoms with Gasteiger partial charge in [-0.1, -0.05) is 6.92 Å². The van der Waals surface area contributed by atoms with Crippen LogP contribution in [0.3, 0.4) is 0 Å². The molecule has 0 aliphatic heterocycles. The molecule has 0 fully saturated rings. The Kier molecular flexibility index (Phi) is 4.74. The number of aryl methyl sites for hydroxylation is 2. The largest absolute Gasteiger partial charge is 0.480 e. The third-order valence-electron chi connectivity index (χ3n) is 3.64. The van der Waals surface area contributed by atoms with Crippen LogP contribution in [0.15, 0.2) is 24.8 Å². The standard InChI is InChI=1S/C14H21N5O2/c1-4-11(14(20)21)19(9-12-15-5-7-17(12)2)10-13-16-6-8-18(13)3/h5-8,11H,4,9-10H2,1-3H3,(H,20,21). The van der Waals surface area contributed by atoms with Gasteiger partial charge in [0.25, 0.3) is 0 Å². The molecular weight excluding hydrogens is 270 g/mol. The number of carbonyl (C=O) groups is 1. The summed E-state index contributed by atoms with van der Waals surface area (Å²) in [6.07, 6.45) is 7.68. The van der Waals surface area contributed by atoms with Gasteiger partial charge in [0.2, 0.25) is 0 Å². The highest BCUT2D eigenvalue weighted by Gasteiger charge is 2.26. The second-order valence-corrected chi connectivity index (χ2v) is 5.08. The molecule has 7 heteroatoms. The maximum absolute atomic E-state index is 11.5. The zero-order valence-electron chi connectivity index (χ0n) is 12.6. The van der Waals surface area contributed by atoms with E-state index in [1.54, 1.807) is 12.4 Å². The average Bonchev–Trinajstić information content (AvgIpc) is 3.00. The molecule has 0 aromatic carbocycles. The van der Waals surface area contributed by atoms with Crippen molar-refractivity contribution in [2.45, 2.75) is 32.5 Å². The topological polar surface area (TPSA) is 76.2 Å². The van der Waals surface area contributed by atoms with E-state index < -0.39 is 12.0 Å². The van der Waals surface area contributed by atoms with E-state index in [0.29, 0.717) is 19.5 Å². The predicted molar refractivity (Wildman–Crippen MR) is 77.4 cm³/mol. The highest BCUT2D eigenvalue weighted by atomic mass is 16.4. The minimum absolute atomic E-state index is 0.473. The van der Waals surface area contributed by atoms with Crippen LogP contribution in [0.5, 0.6) is 0 Å². The van der Waals surface area contributed by atoms with Crippen molar-refractivity contribution in [3.63, 3.8) is 0 Å². The van der Waals surface area contributed by atoms with E-state index in [2.05, 4.69) is 9.97 Å². The van der Waals surface area contributed by atoms with E-state index >= 15 is 0 Å². The number of nitrogens with zero attached hydrogens (tertiary/aromatic N) is 5. The molecule has 114 valence electrons. The molecule has 2 aromatic rings. The zero-order valence-corrected chi connectivity index (χ0v) is 12.6. The Morgan fingerprint density at radius 3 is 1.95 bits per heavy atom. The molecule has 0 saturated carbocycles. The maximum atomic E-state index is 11.5. The smallest absolute Gasteiger partial charge is 0.320 e. The number of carboxylic acids is 1. The number of carboxylic acid groups (broad SMARTS) is 1. The van der Waals surface area contributed by atoms with Gasteiger partial charge >= 0.3 is 5.97 Å². The first-order chi connectivity index (χ1) is 10.0. The van der Waals surface area contributed by atoms with E-state index in [9.17, 15) is 9.90 Å². The lowest BCUT2D eigenvalue weighted by molar-refractivity contribution is -0.144. The molecule has 2 heterocycles. The molecule has 7 nitrogen and oxygen atoms in total. The predicted octanol–water partition coefficient (Wildman–Crippen LogP) is 1.02. The maximum Gasteiger partial charge on any atom is 0.320 e. The van der Waals surface area contributed by atoms with Crippen LogP contribution in [0.4, 0.5) is 0 Å². The first kappa shape index (κ1) is 15.2. The molecule has 0 amide bonds. The molecule has 0 aliphatic carbocycles. The number of hydrogen-bond donors (Lipinski definition) is 1. The Balaban J connectivity index is 2.23. The quantitative estimate of drug-likeness (QED) is 0.824. The molecule has 0 spiro atoms. The monoisotopic (exact) mass is 291 g/mol. The lowest BCUT2D eigenvalue weighted by atomic mass is 10.2. The van der Waals surface area contributed by atoms with Crippen molar-refractivity contribution in [1.82, 2.24) is 24.0 Å². The minimum atomic E-state index is -0.819. The number of rotatable bonds is 7. The fourth-order valence-electron chi connectivity index (χ4n) is 2.33. The van der Waals surface area contributed by atoms with Gasteiger partial charge in [-0.15, -0.1) is 0 Å². The molecule has 1 N–H and O–H groups in total. The van der Waals surface area contributed by atoms with E-state index in [0.717, 1.165) is 11.6 Å². The Bertz CT molecular complexity index is 562. The number of aliphatic carboxylic acids is 1. The fraction of sp³-hybridized carbons (Fsp3) is 0.500. The fourth-order valence-corrected chi connectivity index (χ4v) is 2.33. The summed E-state index contributed by atoms with van der Waals surface area (Å²) in [7, 11) is 3.81. The van der Waals surface area contributed by atoms with E-state index in [-0.39, 0.29) is 0 Å². The van der Waals surface area contributed by atoms with E-state index in [1.807, 2.05) is 47.4 Å². The van der Waals surface area contributed by atoms with Gasteiger partial charge in [0.1, 0.15) is 17.7 Å². The van der Waals surface area contributed by atoms with Gasteiger partial charge in [0.05, 0.1) is 13.1 Å². The van der Waals surface area contributed by atoms with Crippen molar-refractivity contribution < 1.29 is 9.90 Å². The molecule has 0 radical (unpaired) electrons. The van der Waals surface area contributed by atoms with Gasteiger partial charge < -0.3 is 14.2 Å². The average molecular weight is 291 g/mol. The van der Waals surface area contributed by atoms with E-state index in [1.165, 1.54) is 0 Å². The van der Waals surface area contributed by atoms with Gasteiger partial charge in [-0.25, -0.2) is 9.97 Å². The zero-order chi connectivity index (χ0) is 15.4. The summed E-state index contributed by atoms with van der Waals surface area (Å²) < 4.78 is 3.81. The summed E-state index contributed by atoms with van der Waals surface area (Å²) in [6, 6.07) is -0.557. The van der Waals surface area contributed by atoms with Crippen LogP contribution < -0.4 is 0 Å². The lowest BCUT2D eigenvalue weighted by Gasteiger charge is -2.27. The molecule has 0 aliphatic rings. The van der Waals surface area contributed by atoms with Crippen LogP contribution in [0, 0.1) is 0 Å². The van der Waals surface area contributed by atoms with Gasteiger partial charge in [0.15, 0.2) is 0 Å². The minimum Gasteiger partial charge on any atom is -0.480 e. The molecule has 21 heavy (non-hydrogen) atoms. The summed E-state index contributed by atoms with van der Waals surface area (Å²) in [5.74, 6) is 0.855. The number of imidazole rings is 2. The first-order valence-electron chi connectivity index (χ1n) is 6.92. The number of hydrogen-bond acceptors (Lipinski definition) is 4. The summed E-state index contributed by atoms with van der Waals surface area (Å²) in [5.41, 5.74) is 0. The molecule has 1 unspecified atom stereocenters. The van der Waals surface area contributed by atoms with Crippen molar-refractivity contribution in [3.05, 3.63) is 36.4 Å². The van der Waals surface area contributed by atoms with Crippen molar-refractivity contribution in [3.8, 4) is 0 Å². The van der Waals surface area contributed by atoms with Crippen LogP contribution >= 0.6 is 0 Å². The molecule has 2 aromatic heterocycles. The van der Waals surface area contributed by atoms with Crippen molar-refractivity contribution >= 4 is 5.97 Å². The second-order valence-electron chi connectivity index (χ2n) is 5.08. The normalized spacial score (nSPS) is 12.8. The summed E-state index contributed by atoms with van der Waals surface area (Å²) in [4.78, 5) is 22.0. The summed E-state index contributed by atoms with van der Waals surface area (Å²) >= 11 is 0. The molecule has 0 bridgehead atoms. The van der Waals surface area contributed by atoms with Crippen LogP contribution in [-0.2, 0) is 32.0 Å². The third-order valence-corrected chi connectivity index (χ3v) is 3.64. The first-order valence-corrected chi connectivity index (χ1v) is 6.92. The lowest BCUT2D eigenvalue weighted by Crippen LogP contribution is -2.41. The molecular formula is C14H21N5O2. The number of aromatic nitrogens is 4. The van der Waals surface area contributed by atoms with Gasteiger partial charge in [0, 0.05) is 38.9 Å². The molecule has 2 rings (SSSR count). The highest BCUT2D eigenvalue weighted by molar-refractivity contribution is 5.73. The molecule has 0 saturated heterocycles. The Hall–Kier alpha value is -2.15. The highest BCUT2D eigenvalue weighted by Crippen LogP contribution is 2.14. The Labute approximate surface area is 123 Å². The van der Waals surface area contributed by atoms with Crippen LogP contribution in [-0.4, -0.2) is 41.1 Å². The van der Waals surface area contributed by atoms with Crippen LogP contribution in [0.2, 0.25) is 0 Å². The molecule has 1 atom stereocenters. The van der Waals surface area contributed by atoms with Gasteiger partial charge in [-0.05, 0) is 6.42 Å². The van der Waals surface area contributed by atoms with Gasteiger partial charge in [-0.3, -0.25) is 9.69 Å². The van der Waals surface area contributed by atoms with Crippen molar-refractivity contribution in [2.75, 3.05) is 0 Å². The SMILES string of the molecule is CCC(C(=O)O)N(Cc1nccn1C)Cc1nccn1C. The van der Waals surface area contributed by atoms with Crippen molar-refractivity contribution in [2.24, 2.45) is 14.1 Å². The van der Waals surface area contributed by atoms with E-state index in [4.69, 9.17) is 0 Å². The van der Waals surface area contributed by atoms with Crippen LogP contribution in [0.1, 0.15) is 25.0 Å². The third kappa shape index (κ3) is 3.49. The van der Waals surface area contributed by atoms with Crippen molar-refractivity contribution in [1.29, 1.82) is 0 Å². The summed E-state index contributed by atoms with van der Waals surface area (Å²) in [6.45, 7) is 2.82. The Morgan fingerprint density at radius 2 is 1.67 bits per heavy atom. The van der Waals surface area contributed by atoms with Crippen LogP contribution in [0.25, 0.3) is 0 Å². The second kappa shape index (κ2) is 6.53. The van der Waals surface area contributed by atoms with Gasteiger partial charge in [-0.2, -0.15) is 0 Å².